The van der Waals surface area contributed by atoms with Gasteiger partial charge in [0.2, 0.25) is 0 Å². The molecule has 0 aliphatic heterocycles. The maximum Gasteiger partial charge on any atom is 0.266 e. The summed E-state index contributed by atoms with van der Waals surface area (Å²) >= 11 is 12.4. The molecule has 184 valence electrons. The second kappa shape index (κ2) is 11.9. The Morgan fingerprint density at radius 3 is 2.44 bits per heavy atom. The zero-order valence-corrected chi connectivity index (χ0v) is 21.2. The van der Waals surface area contributed by atoms with E-state index in [4.69, 9.17) is 23.2 Å². The largest absolute Gasteiger partial charge is 0.372 e. The quantitative estimate of drug-likeness (QED) is 0.335. The van der Waals surface area contributed by atoms with Crippen molar-refractivity contribution in [2.75, 3.05) is 42.1 Å². The first-order chi connectivity index (χ1) is 15.6. The molecule has 0 spiro atoms. The van der Waals surface area contributed by atoms with Crippen molar-refractivity contribution in [1.29, 1.82) is 0 Å². The predicted octanol–water partition coefficient (Wildman–Crippen LogP) is 5.29. The van der Waals surface area contributed by atoms with Gasteiger partial charge in [0.05, 0.1) is 28.3 Å². The summed E-state index contributed by atoms with van der Waals surface area (Å²) in [6.45, 7) is 1.40. The molecule has 3 rings (SSSR count). The second-order valence-corrected chi connectivity index (χ2v) is 9.54. The van der Waals surface area contributed by atoms with Crippen molar-refractivity contribution >= 4 is 68.5 Å². The van der Waals surface area contributed by atoms with Gasteiger partial charge in [-0.25, -0.2) is 22.2 Å². The van der Waals surface area contributed by atoms with Gasteiger partial charge < -0.3 is 15.5 Å². The SMILES string of the molecule is CNCCN(C)c1cc(Cl)ccc1Nc1cc(F)c(S(=O)(=O)Nc2ccc(F)cn2)cc1Cl.Cl. The molecule has 0 bridgehead atoms. The summed E-state index contributed by atoms with van der Waals surface area (Å²) in [5.74, 6) is -1.83. The number of hydrogen-bond acceptors (Lipinski definition) is 6. The van der Waals surface area contributed by atoms with E-state index < -0.39 is 26.6 Å². The van der Waals surface area contributed by atoms with Crippen LogP contribution in [0.2, 0.25) is 10.0 Å². The van der Waals surface area contributed by atoms with E-state index in [-0.39, 0.29) is 28.9 Å². The number of aromatic nitrogens is 1. The Kier molecular flexibility index (Phi) is 9.72. The maximum atomic E-state index is 14.8. The molecule has 1 heterocycles. The number of nitrogens with zero attached hydrogens (tertiary/aromatic N) is 2. The molecule has 7 nitrogen and oxygen atoms in total. The zero-order chi connectivity index (χ0) is 24.2. The van der Waals surface area contributed by atoms with E-state index in [1.54, 1.807) is 18.2 Å². The van der Waals surface area contributed by atoms with Crippen LogP contribution < -0.4 is 20.3 Å². The van der Waals surface area contributed by atoms with E-state index in [1.807, 2.05) is 19.0 Å². The number of anilines is 4. The number of nitrogens with one attached hydrogen (secondary N) is 3. The van der Waals surface area contributed by atoms with Crippen molar-refractivity contribution < 1.29 is 17.2 Å². The molecule has 34 heavy (non-hydrogen) atoms. The normalized spacial score (nSPS) is 11.0. The number of likely N-dealkylation sites (N-methyl/N-ethyl adjacent to an activating group) is 2. The Morgan fingerprint density at radius 1 is 1.06 bits per heavy atom. The molecule has 0 fully saturated rings. The molecule has 0 saturated heterocycles. The van der Waals surface area contributed by atoms with Crippen molar-refractivity contribution in [3.8, 4) is 0 Å². The minimum absolute atomic E-state index is 0. The molecule has 0 saturated carbocycles. The van der Waals surface area contributed by atoms with E-state index in [0.717, 1.165) is 42.7 Å². The second-order valence-electron chi connectivity index (χ2n) is 7.04. The third-order valence-corrected chi connectivity index (χ3v) is 6.53. The van der Waals surface area contributed by atoms with Crippen LogP contribution >= 0.6 is 35.6 Å². The third kappa shape index (κ3) is 6.83. The van der Waals surface area contributed by atoms with Crippen LogP contribution in [0.15, 0.2) is 53.6 Å². The van der Waals surface area contributed by atoms with E-state index in [1.165, 1.54) is 0 Å². The highest BCUT2D eigenvalue weighted by Crippen LogP contribution is 2.35. The molecule has 13 heteroatoms. The minimum Gasteiger partial charge on any atom is -0.372 e. The summed E-state index contributed by atoms with van der Waals surface area (Å²) in [6.07, 6.45) is 0.839. The highest BCUT2D eigenvalue weighted by atomic mass is 35.5. The predicted molar refractivity (Wildman–Crippen MR) is 136 cm³/mol. The fraction of sp³-hybridized carbons (Fsp3) is 0.190. The number of benzene rings is 2. The van der Waals surface area contributed by atoms with Crippen LogP contribution in [0.5, 0.6) is 0 Å². The Morgan fingerprint density at radius 2 is 1.79 bits per heavy atom. The van der Waals surface area contributed by atoms with Gasteiger partial charge in [-0.05, 0) is 43.4 Å². The van der Waals surface area contributed by atoms with Gasteiger partial charge >= 0.3 is 0 Å². The zero-order valence-electron chi connectivity index (χ0n) is 18.1. The van der Waals surface area contributed by atoms with Gasteiger partial charge in [0.25, 0.3) is 10.0 Å². The lowest BCUT2D eigenvalue weighted by molar-refractivity contribution is 0.570. The fourth-order valence-corrected chi connectivity index (χ4v) is 4.47. The summed E-state index contributed by atoms with van der Waals surface area (Å²) in [5.41, 5.74) is 1.51. The van der Waals surface area contributed by atoms with Gasteiger partial charge in [-0.3, -0.25) is 4.72 Å². The summed E-state index contributed by atoms with van der Waals surface area (Å²) < 4.78 is 55.2. The first-order valence-corrected chi connectivity index (χ1v) is 11.9. The van der Waals surface area contributed by atoms with Gasteiger partial charge in [0.15, 0.2) is 0 Å². The summed E-state index contributed by atoms with van der Waals surface area (Å²) in [6, 6.07) is 9.26. The van der Waals surface area contributed by atoms with Crippen LogP contribution in [0, 0.1) is 11.6 Å². The Hall–Kier alpha value is -2.37. The van der Waals surface area contributed by atoms with Crippen molar-refractivity contribution in [3.63, 3.8) is 0 Å². The van der Waals surface area contributed by atoms with Crippen molar-refractivity contribution in [1.82, 2.24) is 10.3 Å². The molecule has 0 aliphatic rings. The van der Waals surface area contributed by atoms with Gasteiger partial charge in [-0.2, -0.15) is 0 Å². The van der Waals surface area contributed by atoms with Crippen molar-refractivity contribution in [2.24, 2.45) is 0 Å². The molecule has 0 amide bonds. The number of halogens is 5. The molecule has 2 aromatic carbocycles. The molecular formula is C21H22Cl3F2N5O2S. The highest BCUT2D eigenvalue weighted by molar-refractivity contribution is 7.92. The molecule has 3 aromatic rings. The Bertz CT molecular complexity index is 1250. The monoisotopic (exact) mass is 551 g/mol. The van der Waals surface area contributed by atoms with E-state index in [2.05, 4.69) is 20.3 Å². The van der Waals surface area contributed by atoms with Crippen LogP contribution in [0.1, 0.15) is 0 Å². The molecule has 0 unspecified atom stereocenters. The van der Waals surface area contributed by atoms with Crippen LogP contribution in [0.3, 0.4) is 0 Å². The molecule has 0 radical (unpaired) electrons. The summed E-state index contributed by atoms with van der Waals surface area (Å²) in [4.78, 5) is 4.89. The summed E-state index contributed by atoms with van der Waals surface area (Å²) in [7, 11) is -0.648. The molecule has 0 aliphatic carbocycles. The first kappa shape index (κ1) is 27.9. The van der Waals surface area contributed by atoms with Crippen LogP contribution in [-0.4, -0.2) is 40.6 Å². The lowest BCUT2D eigenvalue weighted by atomic mass is 10.2. The smallest absolute Gasteiger partial charge is 0.266 e. The van der Waals surface area contributed by atoms with Gasteiger partial charge in [-0.1, -0.05) is 23.2 Å². The third-order valence-electron chi connectivity index (χ3n) is 4.61. The van der Waals surface area contributed by atoms with Gasteiger partial charge in [-0.15, -0.1) is 12.4 Å². The van der Waals surface area contributed by atoms with Crippen LogP contribution in [0.25, 0.3) is 0 Å². The van der Waals surface area contributed by atoms with Crippen LogP contribution in [-0.2, 0) is 10.0 Å². The number of hydrogen-bond donors (Lipinski definition) is 3. The summed E-state index contributed by atoms with van der Waals surface area (Å²) in [5, 5.41) is 6.59. The van der Waals surface area contributed by atoms with Crippen molar-refractivity contribution in [3.05, 3.63) is 70.3 Å². The average molecular weight is 553 g/mol. The molecule has 3 N–H and O–H groups in total. The van der Waals surface area contributed by atoms with E-state index in [9.17, 15) is 17.2 Å². The highest BCUT2D eigenvalue weighted by Gasteiger charge is 2.23. The Labute approximate surface area is 212 Å². The number of pyridine rings is 1. The van der Waals surface area contributed by atoms with Crippen molar-refractivity contribution in [2.45, 2.75) is 4.90 Å². The average Bonchev–Trinajstić information content (AvgIpc) is 2.76. The topological polar surface area (TPSA) is 86.4 Å². The van der Waals surface area contributed by atoms with Gasteiger partial charge in [0, 0.05) is 31.2 Å². The molecule has 1 aromatic heterocycles. The standard InChI is InChI=1S/C21H21Cl2F2N5O2S.ClH/c1-26-7-8-30(2)19-9-13(22)3-5-17(19)28-18-11-16(25)20(10-15(18)23)33(31,32)29-21-6-4-14(24)12-27-21;/h3-6,9-12,26,28H,7-8H2,1-2H3,(H,27,29);1H. The van der Waals surface area contributed by atoms with Crippen LogP contribution in [0.4, 0.5) is 31.7 Å². The first-order valence-electron chi connectivity index (χ1n) is 9.66. The lowest BCUT2D eigenvalue weighted by Gasteiger charge is -2.23. The fourth-order valence-electron chi connectivity index (χ4n) is 2.93. The Balaban J connectivity index is 0.00000408. The van der Waals surface area contributed by atoms with E-state index in [0.29, 0.717) is 17.3 Å². The number of rotatable bonds is 9. The maximum absolute atomic E-state index is 14.8. The van der Waals surface area contributed by atoms with E-state index >= 15 is 0 Å². The minimum atomic E-state index is -4.36. The molecular weight excluding hydrogens is 531 g/mol. The lowest BCUT2D eigenvalue weighted by Crippen LogP contribution is -2.27. The number of sulfonamides is 1. The van der Waals surface area contributed by atoms with Gasteiger partial charge in [0.1, 0.15) is 22.3 Å². The molecule has 0 atom stereocenters.